The van der Waals surface area contributed by atoms with Crippen LogP contribution in [-0.2, 0) is 19.1 Å². The van der Waals surface area contributed by atoms with E-state index >= 15 is 0 Å². The number of esters is 2. The number of hydrogen-bond acceptors (Lipinski definition) is 5. The monoisotopic (exact) mass is 1150 g/mol. The van der Waals surface area contributed by atoms with Crippen LogP contribution in [0.4, 0.5) is 0 Å². The van der Waals surface area contributed by atoms with Gasteiger partial charge in [0.2, 0.25) is 0 Å². The summed E-state index contributed by atoms with van der Waals surface area (Å²) < 4.78 is 10.8. The minimum Gasteiger partial charge on any atom is -0.462 e. The van der Waals surface area contributed by atoms with Crippen LogP contribution in [-0.4, -0.2) is 36.4 Å². The summed E-state index contributed by atoms with van der Waals surface area (Å²) in [6, 6.07) is 0. The summed E-state index contributed by atoms with van der Waals surface area (Å²) in [6.07, 6.45) is 96.8. The summed E-state index contributed by atoms with van der Waals surface area (Å²) in [6.45, 7) is 4.21. The van der Waals surface area contributed by atoms with E-state index in [4.69, 9.17) is 9.47 Å². The van der Waals surface area contributed by atoms with Gasteiger partial charge in [0.25, 0.3) is 0 Å². The SMILES string of the molecule is CCCCCCC/C=C\C/C=C\CCCCCCCCCCCCCCCCCCCCCC(=O)OC(CO)COC(=O)CCCCCCCCCCCCCCCCCCCCCCCCCCCCCCCCCCCCCCC. The first-order valence-electron chi connectivity index (χ1n) is 37.9. The van der Waals surface area contributed by atoms with Crippen LogP contribution in [0.1, 0.15) is 438 Å². The van der Waals surface area contributed by atoms with Crippen LogP contribution in [0.25, 0.3) is 0 Å². The molecule has 486 valence electrons. The molecular formula is C77H148O5. The smallest absolute Gasteiger partial charge is 0.306 e. The lowest BCUT2D eigenvalue weighted by atomic mass is 10.0. The lowest BCUT2D eigenvalue weighted by molar-refractivity contribution is -0.161. The van der Waals surface area contributed by atoms with Crippen molar-refractivity contribution in [3.05, 3.63) is 24.3 Å². The van der Waals surface area contributed by atoms with Gasteiger partial charge in [0.15, 0.2) is 6.10 Å². The summed E-state index contributed by atoms with van der Waals surface area (Å²) in [5.41, 5.74) is 0. The van der Waals surface area contributed by atoms with Gasteiger partial charge in [0, 0.05) is 12.8 Å². The van der Waals surface area contributed by atoms with Crippen molar-refractivity contribution in [2.45, 2.75) is 444 Å². The Labute approximate surface area is 514 Å². The molecule has 0 radical (unpaired) electrons. The molecule has 0 aliphatic heterocycles. The molecule has 0 amide bonds. The zero-order valence-electron chi connectivity index (χ0n) is 56.1. The molecule has 0 saturated carbocycles. The lowest BCUT2D eigenvalue weighted by Gasteiger charge is -2.15. The maximum absolute atomic E-state index is 12.4. The maximum Gasteiger partial charge on any atom is 0.306 e. The second-order valence-corrected chi connectivity index (χ2v) is 26.1. The summed E-state index contributed by atoms with van der Waals surface area (Å²) in [5, 5.41) is 9.71. The van der Waals surface area contributed by atoms with Crippen molar-refractivity contribution in [2.24, 2.45) is 0 Å². The van der Waals surface area contributed by atoms with Crippen molar-refractivity contribution >= 4 is 11.9 Å². The fourth-order valence-corrected chi connectivity index (χ4v) is 12.1. The van der Waals surface area contributed by atoms with Crippen molar-refractivity contribution in [3.8, 4) is 0 Å². The molecule has 0 aromatic heterocycles. The Morgan fingerprint density at radius 3 is 0.720 bits per heavy atom. The molecular weight excluding hydrogens is 1000 g/mol. The van der Waals surface area contributed by atoms with Crippen LogP contribution < -0.4 is 0 Å². The molecule has 0 heterocycles. The van der Waals surface area contributed by atoms with Gasteiger partial charge in [-0.1, -0.05) is 404 Å². The first-order chi connectivity index (χ1) is 40.6. The van der Waals surface area contributed by atoms with Gasteiger partial charge in [0.05, 0.1) is 6.61 Å². The van der Waals surface area contributed by atoms with Crippen molar-refractivity contribution < 1.29 is 24.2 Å². The highest BCUT2D eigenvalue weighted by atomic mass is 16.6. The fourth-order valence-electron chi connectivity index (χ4n) is 12.1. The topological polar surface area (TPSA) is 72.8 Å². The third-order valence-electron chi connectivity index (χ3n) is 17.7. The molecule has 0 aromatic rings. The standard InChI is InChI=1S/C77H148O5/c1-3-5-7-9-11-13-15-17-19-21-23-25-27-29-31-33-35-36-37-38-39-40-42-43-45-47-49-51-53-55-57-59-61-63-65-67-69-71-76(79)81-74-75(73-78)82-77(80)72-70-68-66-64-62-60-58-56-54-52-50-48-46-44-41-34-32-30-28-26-24-22-20-18-16-14-12-10-8-6-4-2/h16,18,22,24,75,78H,3-15,17,19-21,23,25-74H2,1-2H3/b18-16-,24-22-. The largest absolute Gasteiger partial charge is 0.462 e. The third-order valence-corrected chi connectivity index (χ3v) is 17.7. The zero-order valence-corrected chi connectivity index (χ0v) is 56.1. The average molecular weight is 1150 g/mol. The van der Waals surface area contributed by atoms with Gasteiger partial charge in [-0.2, -0.15) is 0 Å². The van der Waals surface area contributed by atoms with E-state index in [2.05, 4.69) is 38.2 Å². The second-order valence-electron chi connectivity index (χ2n) is 26.1. The Kier molecular flexibility index (Phi) is 72.2. The lowest BCUT2D eigenvalue weighted by Crippen LogP contribution is -2.28. The molecule has 82 heavy (non-hydrogen) atoms. The summed E-state index contributed by atoms with van der Waals surface area (Å²) >= 11 is 0. The first-order valence-corrected chi connectivity index (χ1v) is 37.9. The molecule has 5 nitrogen and oxygen atoms in total. The Balaban J connectivity index is 3.35. The Bertz CT molecular complexity index is 1260. The third kappa shape index (κ3) is 70.9. The highest BCUT2D eigenvalue weighted by molar-refractivity contribution is 5.70. The normalized spacial score (nSPS) is 12.2. The number of carbonyl (C=O) groups excluding carboxylic acids is 2. The van der Waals surface area contributed by atoms with Crippen molar-refractivity contribution in [1.29, 1.82) is 0 Å². The number of rotatable bonds is 72. The highest BCUT2D eigenvalue weighted by Crippen LogP contribution is 2.20. The number of carbonyl (C=O) groups is 2. The van der Waals surface area contributed by atoms with E-state index in [1.807, 2.05) is 0 Å². The zero-order chi connectivity index (χ0) is 59.1. The summed E-state index contributed by atoms with van der Waals surface area (Å²) in [7, 11) is 0. The van der Waals surface area contributed by atoms with Crippen molar-refractivity contribution in [2.75, 3.05) is 13.2 Å². The average Bonchev–Trinajstić information content (AvgIpc) is 3.49. The number of hydrogen-bond donors (Lipinski definition) is 1. The predicted molar refractivity (Wildman–Crippen MR) is 362 cm³/mol. The quantitative estimate of drug-likeness (QED) is 0.0373. The molecule has 0 spiro atoms. The van der Waals surface area contributed by atoms with Crippen LogP contribution in [0.5, 0.6) is 0 Å². The molecule has 0 fully saturated rings. The minimum absolute atomic E-state index is 0.0577. The molecule has 1 N–H and O–H groups in total. The van der Waals surface area contributed by atoms with E-state index < -0.39 is 6.10 Å². The van der Waals surface area contributed by atoms with Gasteiger partial charge in [-0.05, 0) is 44.9 Å². The Morgan fingerprint density at radius 2 is 0.488 bits per heavy atom. The molecule has 0 bridgehead atoms. The number of unbranched alkanes of at least 4 members (excludes halogenated alkanes) is 60. The van der Waals surface area contributed by atoms with Crippen LogP contribution in [0.2, 0.25) is 0 Å². The molecule has 5 heteroatoms. The molecule has 0 aliphatic rings. The molecule has 1 atom stereocenters. The molecule has 0 aromatic carbocycles. The minimum atomic E-state index is -0.769. The highest BCUT2D eigenvalue weighted by Gasteiger charge is 2.16. The van der Waals surface area contributed by atoms with Gasteiger partial charge in [-0.15, -0.1) is 0 Å². The van der Waals surface area contributed by atoms with Crippen LogP contribution in [0, 0.1) is 0 Å². The van der Waals surface area contributed by atoms with Crippen LogP contribution in [0.15, 0.2) is 24.3 Å². The molecule has 0 aliphatic carbocycles. The van der Waals surface area contributed by atoms with Gasteiger partial charge in [-0.25, -0.2) is 0 Å². The predicted octanol–water partition coefficient (Wildman–Crippen LogP) is 26.3. The van der Waals surface area contributed by atoms with E-state index in [-0.39, 0.29) is 25.2 Å². The van der Waals surface area contributed by atoms with Crippen molar-refractivity contribution in [1.82, 2.24) is 0 Å². The van der Waals surface area contributed by atoms with E-state index in [0.717, 1.165) is 38.5 Å². The Hall–Kier alpha value is -1.62. The molecule has 0 rings (SSSR count). The Morgan fingerprint density at radius 1 is 0.280 bits per heavy atom. The van der Waals surface area contributed by atoms with Gasteiger partial charge < -0.3 is 14.6 Å². The molecule has 1 unspecified atom stereocenters. The first kappa shape index (κ1) is 80.4. The van der Waals surface area contributed by atoms with E-state index in [1.54, 1.807) is 0 Å². The van der Waals surface area contributed by atoms with Crippen LogP contribution in [0.3, 0.4) is 0 Å². The summed E-state index contributed by atoms with van der Waals surface area (Å²) in [5.74, 6) is -0.562. The van der Waals surface area contributed by atoms with Gasteiger partial charge in [0.1, 0.15) is 6.61 Å². The summed E-state index contributed by atoms with van der Waals surface area (Å²) in [4.78, 5) is 24.7. The maximum atomic E-state index is 12.4. The van der Waals surface area contributed by atoms with Crippen molar-refractivity contribution in [3.63, 3.8) is 0 Å². The molecule has 0 saturated heterocycles. The number of ether oxygens (including phenoxy) is 2. The second kappa shape index (κ2) is 73.6. The van der Waals surface area contributed by atoms with E-state index in [1.165, 1.54) is 372 Å². The van der Waals surface area contributed by atoms with Gasteiger partial charge >= 0.3 is 11.9 Å². The number of aliphatic hydroxyl groups excluding tert-OH is 1. The number of aliphatic hydroxyl groups is 1. The van der Waals surface area contributed by atoms with E-state index in [0.29, 0.717) is 12.8 Å². The van der Waals surface area contributed by atoms with Gasteiger partial charge in [-0.3, -0.25) is 9.59 Å². The van der Waals surface area contributed by atoms with Crippen LogP contribution >= 0.6 is 0 Å². The number of allylic oxidation sites excluding steroid dienone is 4. The van der Waals surface area contributed by atoms with E-state index in [9.17, 15) is 14.7 Å². The fraction of sp³-hybridized carbons (Fsp3) is 0.922.